The molecule has 0 aliphatic carbocycles. The third kappa shape index (κ3) is 17.3. The Bertz CT molecular complexity index is 1070. The molecule has 0 aromatic carbocycles. The van der Waals surface area contributed by atoms with Crippen molar-refractivity contribution in [1.29, 1.82) is 0 Å². The summed E-state index contributed by atoms with van der Waals surface area (Å²) in [7, 11) is -7.09. The maximum Gasteiger partial charge on any atom is 0.176 e. The lowest BCUT2D eigenvalue weighted by Crippen LogP contribution is -2.80. The molecule has 0 saturated carbocycles. The van der Waals surface area contributed by atoms with Crippen molar-refractivity contribution in [2.75, 3.05) is 0 Å². The summed E-state index contributed by atoms with van der Waals surface area (Å²) in [6.45, 7) is 38.8. The Kier molecular flexibility index (Phi) is 27.2. The van der Waals surface area contributed by atoms with Crippen LogP contribution in [0.1, 0.15) is 182 Å². The summed E-state index contributed by atoms with van der Waals surface area (Å²) >= 11 is 0. The topological polar surface area (TPSA) is 111 Å². The summed E-state index contributed by atoms with van der Waals surface area (Å²) in [4.78, 5) is 0. The molecule has 0 bridgehead atoms. The molecule has 3 saturated heterocycles. The molecule has 3 rings (SSSR count). The fourth-order valence-electron chi connectivity index (χ4n) is 8.71. The quantitative estimate of drug-likeness (QED) is 0.0639. The maximum atomic E-state index is 7.76. The Balaban J connectivity index is 2.41. The van der Waals surface area contributed by atoms with Gasteiger partial charge in [-0.15, -0.1) is 0 Å². The lowest BCUT2D eigenvalue weighted by atomic mass is 10.1. The molecule has 3 aliphatic rings. The van der Waals surface area contributed by atoms with E-state index < -0.39 is 51.2 Å². The first-order chi connectivity index (χ1) is 30.8. The Morgan fingerprint density at radius 3 is 0.723 bits per heavy atom. The van der Waals surface area contributed by atoms with Crippen LogP contribution in [0.5, 0.6) is 0 Å². The maximum absolute atomic E-state index is 7.76. The Morgan fingerprint density at radius 1 is 0.338 bits per heavy atom. The predicted octanol–water partition coefficient (Wildman–Crippen LogP) is 10.1. The van der Waals surface area contributed by atoms with Gasteiger partial charge in [0.1, 0.15) is 24.9 Å². The van der Waals surface area contributed by atoms with Crippen LogP contribution in [0.15, 0.2) is 0 Å². The van der Waals surface area contributed by atoms with Crippen LogP contribution in [-0.2, 0) is 55.9 Å². The lowest BCUT2D eigenvalue weighted by molar-refractivity contribution is -0.242. The fourth-order valence-corrected chi connectivity index (χ4v) is 53.7. The third-order valence-electron chi connectivity index (χ3n) is 14.9. The van der Waals surface area contributed by atoms with Gasteiger partial charge in [-0.25, -0.2) is 0 Å². The second-order valence-corrected chi connectivity index (χ2v) is 51.1. The highest BCUT2D eigenvalue weighted by Crippen LogP contribution is 2.42. The second-order valence-electron chi connectivity index (χ2n) is 20.3. The molecule has 16 heteroatoms. The first-order valence-corrected chi connectivity index (χ1v) is 38.5. The van der Waals surface area contributed by atoms with Crippen molar-refractivity contribution in [3.05, 3.63) is 0 Å². The van der Waals surface area contributed by atoms with Crippen LogP contribution in [0.25, 0.3) is 0 Å². The molecule has 21 unspecified atom stereocenters. The van der Waals surface area contributed by atoms with E-state index in [0.717, 1.165) is 75.9 Å². The molecule has 21 atom stereocenters. The van der Waals surface area contributed by atoms with Crippen LogP contribution in [0.2, 0.25) is 24.7 Å². The Labute approximate surface area is 404 Å². The zero-order valence-corrected chi connectivity index (χ0v) is 49.5. The van der Waals surface area contributed by atoms with E-state index in [1.54, 1.807) is 0 Å². The second kappa shape index (κ2) is 29.7. The van der Waals surface area contributed by atoms with E-state index in [1.807, 2.05) is 0 Å². The van der Waals surface area contributed by atoms with Crippen LogP contribution >= 0.6 is 0 Å². The molecule has 12 nitrogen and oxygen atoms in total. The van der Waals surface area contributed by atoms with Gasteiger partial charge < -0.3 is 55.9 Å². The van der Waals surface area contributed by atoms with Crippen molar-refractivity contribution < 1.29 is 55.9 Å². The van der Waals surface area contributed by atoms with Crippen LogP contribution in [0, 0.1) is 0 Å². The number of ether oxygens (including phenoxy) is 9. The summed E-state index contributed by atoms with van der Waals surface area (Å²) in [5.41, 5.74) is 0. The molecule has 3 aliphatic heterocycles. The van der Waals surface area contributed by atoms with Crippen molar-refractivity contribution in [2.45, 2.75) is 318 Å². The molecule has 0 amide bonds. The van der Waals surface area contributed by atoms with Crippen LogP contribution in [0.3, 0.4) is 0 Å². The molecule has 3 heterocycles. The van der Waals surface area contributed by atoms with Crippen LogP contribution < -0.4 is 0 Å². The van der Waals surface area contributed by atoms with E-state index in [1.165, 1.54) is 0 Å². The third-order valence-corrected chi connectivity index (χ3v) is 59.4. The van der Waals surface area contributed by atoms with Crippen molar-refractivity contribution in [2.24, 2.45) is 0 Å². The molecule has 0 aromatic rings. The smallest absolute Gasteiger partial charge is 0.176 e. The van der Waals surface area contributed by atoms with Gasteiger partial charge in [-0.1, -0.05) is 68.9 Å². The highest BCUT2D eigenvalue weighted by Gasteiger charge is 2.65. The van der Waals surface area contributed by atoms with Crippen molar-refractivity contribution >= 4 is 32.3 Å². The van der Waals surface area contributed by atoms with Gasteiger partial charge in [0, 0.05) is 0 Å². The summed E-state index contributed by atoms with van der Waals surface area (Å²) in [5, 5.41) is 0. The van der Waals surface area contributed by atoms with E-state index in [9.17, 15) is 0 Å². The van der Waals surface area contributed by atoms with Gasteiger partial charge in [-0.3, -0.25) is 0 Å². The van der Waals surface area contributed by atoms with E-state index in [2.05, 4.69) is 131 Å². The molecule has 65 heavy (non-hydrogen) atoms. The molecule has 0 N–H and O–H groups in total. The van der Waals surface area contributed by atoms with Crippen molar-refractivity contribution in [1.82, 2.24) is 0 Å². The monoisotopic (exact) mass is 995 g/mol. The van der Waals surface area contributed by atoms with Gasteiger partial charge in [0.05, 0.1) is 73.2 Å². The standard InChI is InChI=1S/C49H102O12Si4/c1-20-32(10)50-41-29-62(59-47(56-38(16)26-7)44(41)53-35(13)23-4)65(19,63-30-42(51-33(11)21-2)45(54-36(14)24-5)48(60-63)57-39(17)27-8)64-31-43(52-34(12)22-3)46(55-37(15)25-6)49(61-64)58-40(18)28-9/h32-49,62-64H,20-31H2,1-19H3. The first-order valence-electron chi connectivity index (χ1n) is 26.7. The zero-order valence-electron chi connectivity index (χ0n) is 45.0. The summed E-state index contributed by atoms with van der Waals surface area (Å²) in [6.07, 6.45) is 4.52. The average molecular weight is 996 g/mol. The first kappa shape index (κ1) is 59.7. The molecule has 0 radical (unpaired) electrons. The van der Waals surface area contributed by atoms with E-state index in [-0.39, 0.29) is 91.6 Å². The largest absolute Gasteiger partial charge is 0.397 e. The number of hydrogen-bond acceptors (Lipinski definition) is 12. The van der Waals surface area contributed by atoms with E-state index in [0.29, 0.717) is 0 Å². The van der Waals surface area contributed by atoms with E-state index in [4.69, 9.17) is 55.9 Å². The lowest BCUT2D eigenvalue weighted by Gasteiger charge is -2.55. The van der Waals surface area contributed by atoms with Crippen molar-refractivity contribution in [3.8, 4) is 0 Å². The van der Waals surface area contributed by atoms with E-state index >= 15 is 0 Å². The van der Waals surface area contributed by atoms with Gasteiger partial charge in [0.25, 0.3) is 0 Å². The molecular weight excluding hydrogens is 893 g/mol. The van der Waals surface area contributed by atoms with Crippen LogP contribution in [-0.4, -0.2) is 143 Å². The fraction of sp³-hybridized carbons (Fsp3) is 1.00. The predicted molar refractivity (Wildman–Crippen MR) is 272 cm³/mol. The van der Waals surface area contributed by atoms with Gasteiger partial charge in [-0.2, -0.15) is 0 Å². The minimum absolute atomic E-state index is 0.0161. The highest BCUT2D eigenvalue weighted by atomic mass is 29.9. The Hall–Kier alpha value is 0.388. The summed E-state index contributed by atoms with van der Waals surface area (Å²) in [5.74, 6) is 0. The van der Waals surface area contributed by atoms with Gasteiger partial charge in [-0.05, 0) is 138 Å². The summed E-state index contributed by atoms with van der Waals surface area (Å²) in [6, 6.07) is 2.36. The summed E-state index contributed by atoms with van der Waals surface area (Å²) < 4.78 is 86.4. The van der Waals surface area contributed by atoms with Crippen molar-refractivity contribution in [3.63, 3.8) is 0 Å². The van der Waals surface area contributed by atoms with Gasteiger partial charge >= 0.3 is 0 Å². The molecule has 0 spiro atoms. The molecular formula is C49H102O12Si4. The zero-order chi connectivity index (χ0) is 48.6. The Morgan fingerprint density at radius 2 is 0.523 bits per heavy atom. The molecule has 3 fully saturated rings. The highest BCUT2D eigenvalue weighted by molar-refractivity contribution is 7.77. The van der Waals surface area contributed by atoms with Gasteiger partial charge in [0.15, 0.2) is 44.5 Å². The SMILES string of the molecule is CCC(C)OC1C[SiH]([Si](C)([SiH]2CC(OC(C)CC)C(OC(C)CC)C(OC(C)CC)O2)[SiH]2CC(OC(C)CC)C(OC(C)CC)C(OC(C)CC)O2)OC(OC(C)CC)C1OC(C)CC. The minimum Gasteiger partial charge on any atom is -0.397 e. The minimum atomic E-state index is -2.80. The molecule has 386 valence electrons. The normalized spacial score (nSPS) is 35.3. The number of hydrogen-bond donors (Lipinski definition) is 0. The number of rotatable bonds is 30. The molecule has 0 aromatic heterocycles. The average Bonchev–Trinajstić information content (AvgIpc) is 3.30. The van der Waals surface area contributed by atoms with Gasteiger partial charge in [0.2, 0.25) is 0 Å². The van der Waals surface area contributed by atoms with Crippen LogP contribution in [0.4, 0.5) is 0 Å².